The molecule has 1 fully saturated rings. The summed E-state index contributed by atoms with van der Waals surface area (Å²) in [6, 6.07) is 2.26. The Labute approximate surface area is 192 Å². The third kappa shape index (κ3) is 4.77. The van der Waals surface area contributed by atoms with Crippen LogP contribution in [0.3, 0.4) is 0 Å². The van der Waals surface area contributed by atoms with Gasteiger partial charge in [-0.2, -0.15) is 0 Å². The molecule has 2 heterocycles. The van der Waals surface area contributed by atoms with E-state index in [0.29, 0.717) is 6.61 Å². The summed E-state index contributed by atoms with van der Waals surface area (Å²) in [7, 11) is -4.01. The zero-order chi connectivity index (χ0) is 23.5. The Morgan fingerprint density at radius 3 is 2.00 bits per heavy atom. The van der Waals surface area contributed by atoms with E-state index in [2.05, 4.69) is 80.7 Å². The topological polar surface area (TPSA) is 36.9 Å². The van der Waals surface area contributed by atoms with Crippen LogP contribution in [0.15, 0.2) is 6.07 Å². The first-order chi connectivity index (χ1) is 14.0. The molecule has 1 atom stereocenters. The Morgan fingerprint density at radius 1 is 0.903 bits per heavy atom. The summed E-state index contributed by atoms with van der Waals surface area (Å²) in [5.41, 5.74) is 3.56. The van der Waals surface area contributed by atoms with E-state index in [1.807, 2.05) is 0 Å². The monoisotopic (exact) mass is 464 g/mol. The lowest BCUT2D eigenvalue weighted by Crippen LogP contribution is -2.46. The second-order valence-electron chi connectivity index (χ2n) is 12.5. The van der Waals surface area contributed by atoms with Crippen LogP contribution in [0.5, 0.6) is 11.5 Å². The molecule has 2 aliphatic rings. The van der Waals surface area contributed by atoms with Crippen LogP contribution in [0, 0.1) is 6.92 Å². The smallest absolute Gasteiger partial charge is 0.250 e. The highest BCUT2D eigenvalue weighted by atomic mass is 28.4. The van der Waals surface area contributed by atoms with E-state index < -0.39 is 22.4 Å². The van der Waals surface area contributed by atoms with Gasteiger partial charge >= 0.3 is 0 Å². The quantitative estimate of drug-likeness (QED) is 0.437. The van der Waals surface area contributed by atoms with E-state index in [-0.39, 0.29) is 10.1 Å². The van der Waals surface area contributed by atoms with Gasteiger partial charge in [0, 0.05) is 24.0 Å². The Hall–Kier alpha value is -0.826. The van der Waals surface area contributed by atoms with Crippen LogP contribution in [0.25, 0.3) is 0 Å². The Kier molecular flexibility index (Phi) is 6.31. The minimum Gasteiger partial charge on any atom is -0.543 e. The summed E-state index contributed by atoms with van der Waals surface area (Å²) >= 11 is 0. The van der Waals surface area contributed by atoms with Gasteiger partial charge in [0.05, 0.1) is 13.2 Å². The molecule has 31 heavy (non-hydrogen) atoms. The SMILES string of the molecule is Cc1c(O[Si](C)(C)C(C)(C)C)cc2c(c1O[Si](C)(C)C(C)(C)C)CO[C@]1(CCCO1)C2. The summed E-state index contributed by atoms with van der Waals surface area (Å²) < 4.78 is 26.2. The van der Waals surface area contributed by atoms with Crippen molar-refractivity contribution in [2.75, 3.05) is 6.61 Å². The predicted molar refractivity (Wildman–Crippen MR) is 133 cm³/mol. The van der Waals surface area contributed by atoms with Gasteiger partial charge in [-0.15, -0.1) is 0 Å². The average Bonchev–Trinajstić information content (AvgIpc) is 3.04. The molecule has 176 valence electrons. The summed E-state index contributed by atoms with van der Waals surface area (Å²) in [4.78, 5) is 0. The molecule has 0 amide bonds. The molecule has 3 rings (SSSR count). The van der Waals surface area contributed by atoms with Crippen molar-refractivity contribution in [2.24, 2.45) is 0 Å². The second-order valence-corrected chi connectivity index (χ2v) is 22.0. The number of benzene rings is 1. The minimum atomic E-state index is -2.03. The van der Waals surface area contributed by atoms with Gasteiger partial charge in [0.15, 0.2) is 5.79 Å². The van der Waals surface area contributed by atoms with Crippen LogP contribution in [0.1, 0.15) is 71.1 Å². The molecule has 1 saturated heterocycles. The molecule has 0 aromatic heterocycles. The molecule has 0 unspecified atom stereocenters. The van der Waals surface area contributed by atoms with Crippen molar-refractivity contribution >= 4 is 16.6 Å². The summed E-state index contributed by atoms with van der Waals surface area (Å²) in [5, 5.41) is 0.253. The fourth-order valence-corrected chi connectivity index (χ4v) is 5.86. The molecule has 0 aliphatic carbocycles. The van der Waals surface area contributed by atoms with E-state index in [0.717, 1.165) is 42.9 Å². The molecule has 6 heteroatoms. The minimum absolute atomic E-state index is 0.119. The van der Waals surface area contributed by atoms with Crippen molar-refractivity contribution < 1.29 is 18.3 Å². The van der Waals surface area contributed by atoms with Gasteiger partial charge in [-0.05, 0) is 61.2 Å². The molecule has 2 aliphatic heterocycles. The molecule has 1 spiro atoms. The number of rotatable bonds is 4. The standard InChI is InChI=1S/C25H44O4Si2/c1-18-21(28-30(8,9)23(2,3)4)15-19-16-25(13-12-14-26-25)27-17-20(19)22(18)29-31(10,11)24(5,6)7/h15H,12-14,16-17H2,1-11H3/t25-/m1/s1. The van der Waals surface area contributed by atoms with Crippen molar-refractivity contribution in [3.8, 4) is 11.5 Å². The van der Waals surface area contributed by atoms with Crippen molar-refractivity contribution in [1.29, 1.82) is 0 Å². The van der Waals surface area contributed by atoms with Gasteiger partial charge in [0.2, 0.25) is 8.32 Å². The van der Waals surface area contributed by atoms with Crippen LogP contribution in [0.2, 0.25) is 36.3 Å². The predicted octanol–water partition coefficient (Wildman–Crippen LogP) is 7.34. The van der Waals surface area contributed by atoms with Gasteiger partial charge in [-0.3, -0.25) is 0 Å². The maximum atomic E-state index is 6.94. The molecular formula is C25H44O4Si2. The molecule has 0 saturated carbocycles. The third-order valence-corrected chi connectivity index (χ3v) is 16.7. The number of ether oxygens (including phenoxy) is 2. The fraction of sp³-hybridized carbons (Fsp3) is 0.760. The van der Waals surface area contributed by atoms with Crippen LogP contribution in [-0.4, -0.2) is 29.0 Å². The Morgan fingerprint density at radius 2 is 1.48 bits per heavy atom. The summed E-state index contributed by atoms with van der Waals surface area (Å²) in [6.45, 7) is 26.4. The van der Waals surface area contributed by atoms with Crippen molar-refractivity contribution in [1.82, 2.24) is 0 Å². The van der Waals surface area contributed by atoms with E-state index in [1.165, 1.54) is 11.1 Å². The molecule has 4 nitrogen and oxygen atoms in total. The normalized spacial score (nSPS) is 22.5. The molecule has 0 radical (unpaired) electrons. The van der Waals surface area contributed by atoms with Crippen molar-refractivity contribution in [2.45, 2.75) is 116 Å². The van der Waals surface area contributed by atoms with E-state index in [9.17, 15) is 0 Å². The molecule has 1 aromatic carbocycles. The molecular weight excluding hydrogens is 420 g/mol. The zero-order valence-electron chi connectivity index (χ0n) is 21.7. The van der Waals surface area contributed by atoms with Gasteiger partial charge < -0.3 is 18.3 Å². The Bertz CT molecular complexity index is 825. The largest absolute Gasteiger partial charge is 0.543 e. The first-order valence-electron chi connectivity index (χ1n) is 11.8. The lowest BCUT2D eigenvalue weighted by molar-refractivity contribution is -0.223. The van der Waals surface area contributed by atoms with E-state index >= 15 is 0 Å². The number of hydrogen-bond donors (Lipinski definition) is 0. The lowest BCUT2D eigenvalue weighted by Gasteiger charge is -2.41. The second kappa shape index (κ2) is 7.89. The summed E-state index contributed by atoms with van der Waals surface area (Å²) in [6.07, 6.45) is 2.78. The van der Waals surface area contributed by atoms with Gasteiger partial charge in [0.1, 0.15) is 11.5 Å². The maximum Gasteiger partial charge on any atom is 0.250 e. The number of hydrogen-bond acceptors (Lipinski definition) is 4. The summed E-state index contributed by atoms with van der Waals surface area (Å²) in [5.74, 6) is 1.50. The van der Waals surface area contributed by atoms with Crippen LogP contribution < -0.4 is 8.85 Å². The van der Waals surface area contributed by atoms with E-state index in [1.54, 1.807) is 0 Å². The van der Waals surface area contributed by atoms with E-state index in [4.69, 9.17) is 18.3 Å². The van der Waals surface area contributed by atoms with Crippen LogP contribution in [0.4, 0.5) is 0 Å². The first-order valence-corrected chi connectivity index (χ1v) is 17.6. The van der Waals surface area contributed by atoms with Gasteiger partial charge in [-0.25, -0.2) is 0 Å². The third-order valence-electron chi connectivity index (χ3n) is 8.02. The molecule has 1 aromatic rings. The van der Waals surface area contributed by atoms with Crippen LogP contribution in [-0.2, 0) is 22.5 Å². The number of fused-ring (bicyclic) bond motifs is 1. The lowest BCUT2D eigenvalue weighted by atomic mass is 9.92. The van der Waals surface area contributed by atoms with Crippen molar-refractivity contribution in [3.05, 3.63) is 22.8 Å². The first kappa shape index (κ1) is 24.8. The zero-order valence-corrected chi connectivity index (χ0v) is 23.7. The highest BCUT2D eigenvalue weighted by molar-refractivity contribution is 6.75. The molecule has 0 N–H and O–H groups in total. The van der Waals surface area contributed by atoms with Crippen LogP contribution >= 0.6 is 0 Å². The van der Waals surface area contributed by atoms with Gasteiger partial charge in [0.25, 0.3) is 8.32 Å². The van der Waals surface area contributed by atoms with Crippen molar-refractivity contribution in [3.63, 3.8) is 0 Å². The van der Waals surface area contributed by atoms with Gasteiger partial charge in [-0.1, -0.05) is 41.5 Å². The maximum absolute atomic E-state index is 6.94. The Balaban J connectivity index is 2.10. The molecule has 0 bridgehead atoms. The average molecular weight is 465 g/mol. The highest BCUT2D eigenvalue weighted by Crippen LogP contribution is 2.48. The highest BCUT2D eigenvalue weighted by Gasteiger charge is 2.45. The fourth-order valence-electron chi connectivity index (χ4n) is 3.70.